The molecule has 0 spiro atoms. The summed E-state index contributed by atoms with van der Waals surface area (Å²) in [6.07, 6.45) is -1.58. The molecule has 278 valence electrons. The van der Waals surface area contributed by atoms with Crippen LogP contribution in [0.4, 0.5) is 13.2 Å². The van der Waals surface area contributed by atoms with Crippen LogP contribution in [0.3, 0.4) is 0 Å². The molecule has 11 nitrogen and oxygen atoms in total. The summed E-state index contributed by atoms with van der Waals surface area (Å²) in [7, 11) is 1.40. The molecule has 1 amide bonds. The number of nitrogens with zero attached hydrogens (tertiary/aromatic N) is 6. The second-order valence-electron chi connectivity index (χ2n) is 11.8. The minimum Gasteiger partial charge on any atom is -0.481 e. The van der Waals surface area contributed by atoms with Crippen molar-refractivity contribution in [2.45, 2.75) is 37.6 Å². The van der Waals surface area contributed by atoms with Crippen molar-refractivity contribution in [1.29, 1.82) is 0 Å². The fourth-order valence-corrected chi connectivity index (χ4v) is 6.74. The van der Waals surface area contributed by atoms with Crippen molar-refractivity contribution in [2.75, 3.05) is 53.0 Å². The van der Waals surface area contributed by atoms with E-state index in [9.17, 15) is 18.0 Å². The molecule has 2 aromatic carbocycles. The summed E-state index contributed by atoms with van der Waals surface area (Å²) in [5.74, 6) is -0.337. The molecular weight excluding hydrogens is 734 g/mol. The Hall–Kier alpha value is -3.82. The Morgan fingerprint density at radius 2 is 1.57 bits per heavy atom. The van der Waals surface area contributed by atoms with Crippen molar-refractivity contribution in [3.8, 4) is 17.8 Å². The van der Waals surface area contributed by atoms with Crippen LogP contribution in [0.25, 0.3) is 0 Å². The molecular formula is C34H41Cl3F3N7O4. The number of ether oxygens (including phenoxy) is 3. The second kappa shape index (κ2) is 18.6. The van der Waals surface area contributed by atoms with Crippen molar-refractivity contribution in [3.05, 3.63) is 95.6 Å². The third kappa shape index (κ3) is 9.95. The van der Waals surface area contributed by atoms with E-state index in [-0.39, 0.29) is 97.6 Å². The normalized spacial score (nSPS) is 17.7. The molecule has 2 saturated heterocycles. The Morgan fingerprint density at radius 1 is 0.922 bits per heavy atom. The van der Waals surface area contributed by atoms with Gasteiger partial charge in [-0.1, -0.05) is 60.7 Å². The summed E-state index contributed by atoms with van der Waals surface area (Å²) in [5, 5.41) is 0. The van der Waals surface area contributed by atoms with E-state index in [0.29, 0.717) is 38.4 Å². The van der Waals surface area contributed by atoms with Crippen LogP contribution in [0.15, 0.2) is 73.2 Å². The maximum absolute atomic E-state index is 13.4. The zero-order valence-electron chi connectivity index (χ0n) is 28.0. The van der Waals surface area contributed by atoms with Gasteiger partial charge in [-0.25, -0.2) is 4.98 Å². The first kappa shape index (κ1) is 41.6. The van der Waals surface area contributed by atoms with Gasteiger partial charge < -0.3 is 24.1 Å². The third-order valence-electron chi connectivity index (χ3n) is 8.72. The molecule has 4 aromatic rings. The number of fused-ring (bicyclic) bond motifs is 1. The van der Waals surface area contributed by atoms with Crippen molar-refractivity contribution >= 4 is 43.1 Å². The fraction of sp³-hybridized carbons (Fsp3) is 0.412. The van der Waals surface area contributed by atoms with E-state index in [0.717, 1.165) is 11.1 Å². The van der Waals surface area contributed by atoms with Gasteiger partial charge in [0.15, 0.2) is 6.61 Å². The highest BCUT2D eigenvalue weighted by molar-refractivity contribution is 5.92. The van der Waals surface area contributed by atoms with Crippen LogP contribution in [-0.4, -0.2) is 112 Å². The minimum absolute atomic E-state index is 0. The molecule has 17 heteroatoms. The molecule has 2 aromatic heterocycles. The lowest BCUT2D eigenvalue weighted by Gasteiger charge is -2.53. The molecule has 2 atom stereocenters. The number of rotatable bonds is 11. The number of H-pyrrole nitrogens is 1. The average molecular weight is 775 g/mol. The number of amides is 1. The predicted molar refractivity (Wildman–Crippen MR) is 192 cm³/mol. The van der Waals surface area contributed by atoms with Crippen LogP contribution < -0.4 is 14.2 Å². The van der Waals surface area contributed by atoms with Gasteiger partial charge in [0, 0.05) is 57.3 Å². The highest BCUT2D eigenvalue weighted by Gasteiger charge is 2.44. The molecule has 2 unspecified atom stereocenters. The first-order valence-corrected chi connectivity index (χ1v) is 15.9. The summed E-state index contributed by atoms with van der Waals surface area (Å²) >= 11 is 0. The molecule has 2 aliphatic heterocycles. The number of imidazole rings is 1. The van der Waals surface area contributed by atoms with Gasteiger partial charge in [-0.05, 0) is 18.1 Å². The smallest absolute Gasteiger partial charge is 0.422 e. The topological polar surface area (TPSA) is 109 Å². The maximum Gasteiger partial charge on any atom is 0.422 e. The lowest BCUT2D eigenvalue weighted by atomic mass is 9.81. The Labute approximate surface area is 313 Å². The van der Waals surface area contributed by atoms with Crippen LogP contribution in [0.1, 0.15) is 40.0 Å². The van der Waals surface area contributed by atoms with Gasteiger partial charge in [0.2, 0.25) is 11.8 Å². The van der Waals surface area contributed by atoms with Crippen LogP contribution in [0.2, 0.25) is 0 Å². The van der Waals surface area contributed by atoms with E-state index in [1.165, 1.54) is 19.6 Å². The Bertz CT molecular complexity index is 1620. The highest BCUT2D eigenvalue weighted by Crippen LogP contribution is 2.38. The standard InChI is InChI=1S/C34H38F3N7O4.3ClH/c1-3-47-33-40-30(46-2)26(31(41-33)48-21-34(35,36)37)19-42-17-25-18-43(32(45)27-16-38-22-39-27)14-15-44(25)28(20-42)29(23-10-6-4-7-11-23)24-12-8-5-9-13-24;;;/h4-13,16,22,25,28-29H,3,14-15,17-21H2,1-2H3,(H,38,39);3*1H. The van der Waals surface area contributed by atoms with Crippen LogP contribution in [0, 0.1) is 0 Å². The Balaban J connectivity index is 0.00000234. The number of aromatic nitrogens is 4. The van der Waals surface area contributed by atoms with E-state index >= 15 is 0 Å². The number of piperazine rings is 2. The Morgan fingerprint density at radius 3 is 2.14 bits per heavy atom. The highest BCUT2D eigenvalue weighted by atomic mass is 35.5. The van der Waals surface area contributed by atoms with E-state index < -0.39 is 12.8 Å². The molecule has 0 saturated carbocycles. The second-order valence-corrected chi connectivity index (χ2v) is 11.8. The van der Waals surface area contributed by atoms with Crippen LogP contribution >= 0.6 is 37.2 Å². The number of carbonyl (C=O) groups excluding carboxylic acids is 1. The summed E-state index contributed by atoms with van der Waals surface area (Å²) in [6, 6.07) is 20.3. The first-order chi connectivity index (χ1) is 23.2. The fourth-order valence-electron chi connectivity index (χ4n) is 6.74. The van der Waals surface area contributed by atoms with Gasteiger partial charge in [0.25, 0.3) is 5.91 Å². The largest absolute Gasteiger partial charge is 0.481 e. The summed E-state index contributed by atoms with van der Waals surface area (Å²) in [6.45, 7) is 3.28. The quantitative estimate of drug-likeness (QED) is 0.207. The van der Waals surface area contributed by atoms with E-state index in [1.54, 1.807) is 6.92 Å². The van der Waals surface area contributed by atoms with Crippen LogP contribution in [-0.2, 0) is 6.54 Å². The minimum atomic E-state index is -4.58. The SMILES string of the molecule is CCOc1nc(OC)c(CN2CC3CN(C(=O)c4cnc[nH]4)CCN3C(C(c3ccccc3)c3ccccc3)C2)c(OCC(F)(F)F)n1.Cl.Cl.Cl. The zero-order valence-corrected chi connectivity index (χ0v) is 30.4. The van der Waals surface area contributed by atoms with Gasteiger partial charge in [0.1, 0.15) is 5.69 Å². The average Bonchev–Trinajstić information content (AvgIpc) is 3.64. The monoisotopic (exact) mass is 773 g/mol. The van der Waals surface area contributed by atoms with Crippen molar-refractivity contribution in [2.24, 2.45) is 0 Å². The van der Waals surface area contributed by atoms with Crippen molar-refractivity contribution in [3.63, 3.8) is 0 Å². The van der Waals surface area contributed by atoms with Gasteiger partial charge in [-0.3, -0.25) is 14.6 Å². The zero-order chi connectivity index (χ0) is 33.7. The number of nitrogens with one attached hydrogen (secondary N) is 1. The number of halogens is 6. The summed E-state index contributed by atoms with van der Waals surface area (Å²) in [4.78, 5) is 35.3. The van der Waals surface area contributed by atoms with Gasteiger partial charge in [-0.15, -0.1) is 37.2 Å². The number of aromatic amines is 1. The molecule has 6 rings (SSSR count). The summed E-state index contributed by atoms with van der Waals surface area (Å²) in [5.41, 5.74) is 2.99. The molecule has 0 bridgehead atoms. The van der Waals surface area contributed by atoms with E-state index in [1.807, 2.05) is 41.3 Å². The molecule has 1 N–H and O–H groups in total. The lowest BCUT2D eigenvalue weighted by molar-refractivity contribution is -0.154. The van der Waals surface area contributed by atoms with Gasteiger partial charge >= 0.3 is 12.2 Å². The predicted octanol–water partition coefficient (Wildman–Crippen LogP) is 5.66. The summed E-state index contributed by atoms with van der Waals surface area (Å²) < 4.78 is 56.2. The maximum atomic E-state index is 13.4. The third-order valence-corrected chi connectivity index (χ3v) is 8.72. The molecule has 0 aliphatic carbocycles. The van der Waals surface area contributed by atoms with Crippen molar-refractivity contribution < 1.29 is 32.2 Å². The molecule has 2 fully saturated rings. The molecule has 0 radical (unpaired) electrons. The molecule has 51 heavy (non-hydrogen) atoms. The molecule has 4 heterocycles. The number of hydrogen-bond acceptors (Lipinski definition) is 9. The number of alkyl halides is 3. The van der Waals surface area contributed by atoms with E-state index in [2.05, 4.69) is 54.0 Å². The van der Waals surface area contributed by atoms with Gasteiger partial charge in [0.05, 0.1) is 31.8 Å². The van der Waals surface area contributed by atoms with Crippen LogP contribution in [0.5, 0.6) is 17.8 Å². The number of hydrogen-bond donors (Lipinski definition) is 1. The first-order valence-electron chi connectivity index (χ1n) is 15.9. The number of carbonyl (C=O) groups is 1. The van der Waals surface area contributed by atoms with E-state index in [4.69, 9.17) is 14.2 Å². The van der Waals surface area contributed by atoms with Gasteiger partial charge in [-0.2, -0.15) is 23.1 Å². The lowest BCUT2D eigenvalue weighted by Crippen LogP contribution is -2.67. The Kier molecular flexibility index (Phi) is 15.2. The molecule has 2 aliphatic rings. The van der Waals surface area contributed by atoms with Crippen molar-refractivity contribution in [1.82, 2.24) is 34.6 Å². The number of benzene rings is 2. The number of methoxy groups -OCH3 is 1.